The third-order valence-corrected chi connectivity index (χ3v) is 2.27. The van der Waals surface area contributed by atoms with Gasteiger partial charge in [0.15, 0.2) is 0 Å². The minimum Gasteiger partial charge on any atom is -0.309 e. The molecule has 1 fully saturated rings. The summed E-state index contributed by atoms with van der Waals surface area (Å²) in [6.07, 6.45) is 2.52. The molecule has 66 valence electrons. The summed E-state index contributed by atoms with van der Waals surface area (Å²) in [5, 5.41) is 1.92. The van der Waals surface area contributed by atoms with Crippen LogP contribution in [-0.4, -0.2) is 43.6 Å². The largest absolute Gasteiger partial charge is 0.309 e. The van der Waals surface area contributed by atoms with E-state index in [-0.39, 0.29) is 0 Å². The van der Waals surface area contributed by atoms with E-state index in [0.717, 1.165) is 19.0 Å². The molecule has 0 aromatic rings. The van der Waals surface area contributed by atoms with Crippen LogP contribution < -0.4 is 5.84 Å². The summed E-state index contributed by atoms with van der Waals surface area (Å²) in [4.78, 5) is 2.26. The second-order valence-corrected chi connectivity index (χ2v) is 3.74. The molecule has 0 spiro atoms. The van der Waals surface area contributed by atoms with Crippen molar-refractivity contribution in [2.45, 2.75) is 12.8 Å². The van der Waals surface area contributed by atoms with Gasteiger partial charge in [-0.3, -0.25) is 5.84 Å². The van der Waals surface area contributed by atoms with Gasteiger partial charge in [0.05, 0.1) is 0 Å². The third kappa shape index (κ3) is 3.18. The molecule has 1 rings (SSSR count). The predicted molar refractivity (Wildman–Crippen MR) is 47.0 cm³/mol. The number of hydrazine groups is 1. The molecular formula is C8H19N3. The van der Waals surface area contributed by atoms with E-state index in [9.17, 15) is 0 Å². The first-order valence-corrected chi connectivity index (χ1v) is 4.33. The highest BCUT2D eigenvalue weighted by molar-refractivity contribution is 4.70. The van der Waals surface area contributed by atoms with Gasteiger partial charge in [-0.25, -0.2) is 5.01 Å². The summed E-state index contributed by atoms with van der Waals surface area (Å²) >= 11 is 0. The van der Waals surface area contributed by atoms with Crippen LogP contribution in [0.1, 0.15) is 12.8 Å². The lowest BCUT2D eigenvalue weighted by Crippen LogP contribution is -2.41. The lowest BCUT2D eigenvalue weighted by Gasteiger charge is -2.30. The van der Waals surface area contributed by atoms with Gasteiger partial charge in [0, 0.05) is 19.6 Å². The Kier molecular flexibility index (Phi) is 3.30. The van der Waals surface area contributed by atoms with Crippen LogP contribution in [0.15, 0.2) is 0 Å². The molecule has 0 bridgehead atoms. The minimum absolute atomic E-state index is 0.866. The number of piperidine rings is 1. The van der Waals surface area contributed by atoms with Crippen molar-refractivity contribution in [2.75, 3.05) is 33.7 Å². The molecule has 0 amide bonds. The molecule has 0 atom stereocenters. The van der Waals surface area contributed by atoms with Gasteiger partial charge in [0.2, 0.25) is 0 Å². The molecule has 0 radical (unpaired) electrons. The van der Waals surface area contributed by atoms with Crippen molar-refractivity contribution in [1.29, 1.82) is 0 Å². The summed E-state index contributed by atoms with van der Waals surface area (Å²) in [7, 11) is 4.27. The van der Waals surface area contributed by atoms with E-state index < -0.39 is 0 Å². The zero-order valence-corrected chi connectivity index (χ0v) is 7.58. The molecule has 1 saturated heterocycles. The highest BCUT2D eigenvalue weighted by Crippen LogP contribution is 2.14. The van der Waals surface area contributed by atoms with Gasteiger partial charge in [-0.1, -0.05) is 0 Å². The van der Waals surface area contributed by atoms with E-state index in [1.807, 2.05) is 5.01 Å². The summed E-state index contributed by atoms with van der Waals surface area (Å²) in [5.74, 6) is 6.51. The Bertz CT molecular complexity index is 106. The smallest absolute Gasteiger partial charge is 0.0131 e. The maximum atomic E-state index is 5.65. The van der Waals surface area contributed by atoms with Crippen molar-refractivity contribution in [1.82, 2.24) is 9.91 Å². The third-order valence-electron chi connectivity index (χ3n) is 2.27. The average Bonchev–Trinajstić information content (AvgIpc) is 1.93. The molecular weight excluding hydrogens is 138 g/mol. The van der Waals surface area contributed by atoms with Crippen LogP contribution in [0.2, 0.25) is 0 Å². The fourth-order valence-electron chi connectivity index (χ4n) is 1.65. The van der Waals surface area contributed by atoms with E-state index in [2.05, 4.69) is 19.0 Å². The average molecular weight is 157 g/mol. The van der Waals surface area contributed by atoms with Crippen LogP contribution in [0.3, 0.4) is 0 Å². The van der Waals surface area contributed by atoms with Crippen molar-refractivity contribution >= 4 is 0 Å². The predicted octanol–water partition coefficient (Wildman–Crippen LogP) is 0.134. The van der Waals surface area contributed by atoms with Crippen molar-refractivity contribution in [3.63, 3.8) is 0 Å². The van der Waals surface area contributed by atoms with E-state index in [1.165, 1.54) is 19.4 Å². The number of hydrogen-bond acceptors (Lipinski definition) is 3. The molecule has 1 aliphatic rings. The van der Waals surface area contributed by atoms with E-state index in [1.54, 1.807) is 0 Å². The SMILES string of the molecule is CN(C)CC1CCN(N)CC1. The van der Waals surface area contributed by atoms with Gasteiger partial charge in [-0.15, -0.1) is 0 Å². The lowest BCUT2D eigenvalue weighted by molar-refractivity contribution is 0.165. The fourth-order valence-corrected chi connectivity index (χ4v) is 1.65. The first-order chi connectivity index (χ1) is 5.18. The summed E-state index contributed by atoms with van der Waals surface area (Å²) in [6.45, 7) is 3.35. The zero-order valence-electron chi connectivity index (χ0n) is 7.58. The Labute approximate surface area is 69.1 Å². The lowest BCUT2D eigenvalue weighted by atomic mass is 9.97. The number of hydrogen-bond donors (Lipinski definition) is 1. The van der Waals surface area contributed by atoms with Crippen molar-refractivity contribution in [3.05, 3.63) is 0 Å². The second-order valence-electron chi connectivity index (χ2n) is 3.74. The van der Waals surface area contributed by atoms with Gasteiger partial charge in [0.25, 0.3) is 0 Å². The molecule has 0 aromatic carbocycles. The first kappa shape index (κ1) is 8.97. The van der Waals surface area contributed by atoms with Crippen molar-refractivity contribution in [2.24, 2.45) is 11.8 Å². The molecule has 1 aliphatic heterocycles. The zero-order chi connectivity index (χ0) is 8.27. The van der Waals surface area contributed by atoms with Gasteiger partial charge in [-0.05, 0) is 32.9 Å². The second kappa shape index (κ2) is 4.04. The standard InChI is InChI=1S/C8H19N3/c1-10(2)7-8-3-5-11(9)6-4-8/h8H,3-7,9H2,1-2H3. The van der Waals surface area contributed by atoms with Crippen LogP contribution >= 0.6 is 0 Å². The first-order valence-electron chi connectivity index (χ1n) is 4.33. The molecule has 0 aliphatic carbocycles. The van der Waals surface area contributed by atoms with Crippen molar-refractivity contribution < 1.29 is 0 Å². The molecule has 11 heavy (non-hydrogen) atoms. The molecule has 3 heteroatoms. The van der Waals surface area contributed by atoms with E-state index >= 15 is 0 Å². The quantitative estimate of drug-likeness (QED) is 0.578. The molecule has 0 unspecified atom stereocenters. The molecule has 3 nitrogen and oxygen atoms in total. The summed E-state index contributed by atoms with van der Waals surface area (Å²) in [6, 6.07) is 0. The van der Waals surface area contributed by atoms with Crippen LogP contribution in [-0.2, 0) is 0 Å². The highest BCUT2D eigenvalue weighted by Gasteiger charge is 2.16. The van der Waals surface area contributed by atoms with Gasteiger partial charge in [0.1, 0.15) is 0 Å². The van der Waals surface area contributed by atoms with E-state index in [4.69, 9.17) is 5.84 Å². The van der Waals surface area contributed by atoms with Gasteiger partial charge >= 0.3 is 0 Å². The maximum Gasteiger partial charge on any atom is 0.0131 e. The van der Waals surface area contributed by atoms with Crippen LogP contribution in [0.4, 0.5) is 0 Å². The molecule has 1 heterocycles. The molecule has 2 N–H and O–H groups in total. The Morgan fingerprint density at radius 3 is 2.36 bits per heavy atom. The van der Waals surface area contributed by atoms with Gasteiger partial charge in [-0.2, -0.15) is 0 Å². The van der Waals surface area contributed by atoms with Crippen LogP contribution in [0.5, 0.6) is 0 Å². The topological polar surface area (TPSA) is 32.5 Å². The number of nitrogens with two attached hydrogens (primary N) is 1. The number of nitrogens with zero attached hydrogens (tertiary/aromatic N) is 2. The Balaban J connectivity index is 2.17. The minimum atomic E-state index is 0.866. The maximum absolute atomic E-state index is 5.65. The molecule has 0 saturated carbocycles. The van der Waals surface area contributed by atoms with Crippen molar-refractivity contribution in [3.8, 4) is 0 Å². The van der Waals surface area contributed by atoms with Gasteiger partial charge < -0.3 is 4.90 Å². The molecule has 0 aromatic heterocycles. The highest BCUT2D eigenvalue weighted by atomic mass is 15.4. The Morgan fingerprint density at radius 2 is 1.91 bits per heavy atom. The van der Waals surface area contributed by atoms with Crippen LogP contribution in [0.25, 0.3) is 0 Å². The Hall–Kier alpha value is -0.120. The monoisotopic (exact) mass is 157 g/mol. The van der Waals surface area contributed by atoms with E-state index in [0.29, 0.717) is 0 Å². The fraction of sp³-hybridized carbons (Fsp3) is 1.00. The van der Waals surface area contributed by atoms with Crippen LogP contribution in [0, 0.1) is 5.92 Å². The number of rotatable bonds is 2. The summed E-state index contributed by atoms with van der Waals surface area (Å²) < 4.78 is 0. The Morgan fingerprint density at radius 1 is 1.36 bits per heavy atom. The normalized spacial score (nSPS) is 22.9. The summed E-state index contributed by atoms with van der Waals surface area (Å²) in [5.41, 5.74) is 0.